The molecular weight excluding hydrogens is 397 g/mol. The van der Waals surface area contributed by atoms with Crippen LogP contribution in [0.3, 0.4) is 0 Å². The maximum atomic E-state index is 13.4. The highest BCUT2D eigenvalue weighted by Crippen LogP contribution is 2.26. The van der Waals surface area contributed by atoms with Crippen LogP contribution in [0.15, 0.2) is 78.2 Å². The van der Waals surface area contributed by atoms with Gasteiger partial charge in [0.2, 0.25) is 0 Å². The lowest BCUT2D eigenvalue weighted by Gasteiger charge is -2.10. The van der Waals surface area contributed by atoms with Crippen molar-refractivity contribution in [3.8, 4) is 11.4 Å². The summed E-state index contributed by atoms with van der Waals surface area (Å²) in [5.74, 6) is 1.49. The van der Waals surface area contributed by atoms with Gasteiger partial charge in [-0.05, 0) is 48.7 Å². The van der Waals surface area contributed by atoms with E-state index in [1.807, 2.05) is 41.3 Å². The molecule has 2 heterocycles. The van der Waals surface area contributed by atoms with E-state index in [2.05, 4.69) is 32.0 Å². The Hall–Kier alpha value is -2.93. The molecule has 2 aromatic carbocycles. The van der Waals surface area contributed by atoms with Gasteiger partial charge in [-0.1, -0.05) is 48.5 Å². The van der Waals surface area contributed by atoms with Crippen LogP contribution in [0.4, 0.5) is 4.39 Å². The first-order valence-corrected chi connectivity index (χ1v) is 11.1. The summed E-state index contributed by atoms with van der Waals surface area (Å²) in [6.45, 7) is 1.64. The molecule has 2 aromatic heterocycles. The molecule has 0 aliphatic carbocycles. The Morgan fingerprint density at radius 2 is 1.70 bits per heavy atom. The van der Waals surface area contributed by atoms with Gasteiger partial charge < -0.3 is 0 Å². The zero-order chi connectivity index (χ0) is 20.6. The van der Waals surface area contributed by atoms with Crippen LogP contribution < -0.4 is 0 Å². The van der Waals surface area contributed by atoms with Crippen LogP contribution >= 0.6 is 11.8 Å². The molecule has 5 nitrogen and oxygen atoms in total. The van der Waals surface area contributed by atoms with Crippen LogP contribution in [0, 0.1) is 5.82 Å². The Balaban J connectivity index is 1.41. The van der Waals surface area contributed by atoms with Gasteiger partial charge in [-0.3, -0.25) is 9.25 Å². The monoisotopic (exact) mass is 421 g/mol. The van der Waals surface area contributed by atoms with Gasteiger partial charge in [-0.25, -0.2) is 4.39 Å². The van der Waals surface area contributed by atoms with Crippen LogP contribution in [0.2, 0.25) is 0 Å². The summed E-state index contributed by atoms with van der Waals surface area (Å²) in [6, 6.07) is 18.6. The second-order valence-electron chi connectivity index (χ2n) is 7.06. The van der Waals surface area contributed by atoms with E-state index in [0.717, 1.165) is 48.1 Å². The van der Waals surface area contributed by atoms with Crippen molar-refractivity contribution >= 4 is 11.8 Å². The lowest BCUT2D eigenvalue weighted by molar-refractivity contribution is 0.554. The molecular formula is C23H24FN5S. The average Bonchev–Trinajstić information content (AvgIpc) is 3.42. The Morgan fingerprint density at radius 3 is 2.47 bits per heavy atom. The smallest absolute Gasteiger partial charge is 0.191 e. The predicted octanol–water partition coefficient (Wildman–Crippen LogP) is 5.29. The lowest BCUT2D eigenvalue weighted by Crippen LogP contribution is -2.04. The van der Waals surface area contributed by atoms with Gasteiger partial charge in [-0.15, -0.1) is 10.2 Å². The molecule has 30 heavy (non-hydrogen) atoms. The molecule has 0 atom stereocenters. The van der Waals surface area contributed by atoms with E-state index in [9.17, 15) is 4.39 Å². The molecule has 0 spiro atoms. The highest BCUT2D eigenvalue weighted by Gasteiger charge is 2.15. The lowest BCUT2D eigenvalue weighted by atomic mass is 10.2. The number of unbranched alkanes of at least 4 members (excludes halogenated alkanes) is 2. The molecule has 0 saturated carbocycles. The van der Waals surface area contributed by atoms with Gasteiger partial charge in [0.15, 0.2) is 11.0 Å². The van der Waals surface area contributed by atoms with Crippen LogP contribution in [0.1, 0.15) is 24.8 Å². The summed E-state index contributed by atoms with van der Waals surface area (Å²) < 4.78 is 17.5. The quantitative estimate of drug-likeness (QED) is 0.258. The minimum Gasteiger partial charge on any atom is -0.298 e. The van der Waals surface area contributed by atoms with Crippen molar-refractivity contribution in [1.82, 2.24) is 24.5 Å². The van der Waals surface area contributed by atoms with E-state index >= 15 is 0 Å². The first-order valence-electron chi connectivity index (χ1n) is 10.1. The number of benzene rings is 2. The molecule has 4 rings (SSSR count). The molecule has 0 N–H and O–H groups in total. The van der Waals surface area contributed by atoms with E-state index in [0.29, 0.717) is 6.54 Å². The molecule has 0 aliphatic rings. The van der Waals surface area contributed by atoms with Gasteiger partial charge in [0, 0.05) is 30.3 Å². The zero-order valence-corrected chi connectivity index (χ0v) is 17.5. The first-order chi connectivity index (χ1) is 14.8. The fraction of sp³-hybridized carbons (Fsp3) is 0.261. The number of nitrogens with zero attached hydrogens (tertiary/aromatic N) is 5. The predicted molar refractivity (Wildman–Crippen MR) is 118 cm³/mol. The maximum absolute atomic E-state index is 13.4. The number of halogens is 1. The molecule has 0 amide bonds. The van der Waals surface area contributed by atoms with E-state index in [-0.39, 0.29) is 5.82 Å². The molecule has 0 unspecified atom stereocenters. The molecule has 0 radical (unpaired) electrons. The average molecular weight is 422 g/mol. The Bertz CT molecular complexity index is 1030. The fourth-order valence-corrected chi connectivity index (χ4v) is 4.20. The van der Waals surface area contributed by atoms with Crippen molar-refractivity contribution < 1.29 is 4.39 Å². The summed E-state index contributed by atoms with van der Waals surface area (Å²) in [7, 11) is 0. The Labute approximate surface area is 180 Å². The molecule has 154 valence electrons. The minimum atomic E-state index is -0.252. The van der Waals surface area contributed by atoms with E-state index in [1.165, 1.54) is 17.7 Å². The Morgan fingerprint density at radius 1 is 0.867 bits per heavy atom. The van der Waals surface area contributed by atoms with Crippen molar-refractivity contribution in [2.45, 2.75) is 37.5 Å². The standard InChI is InChI=1S/C23H24FN5S/c24-21-12-10-20(11-13-21)22-26-27-23(29(22)18-19-8-3-1-4-9-19)30-17-6-2-5-15-28-16-7-14-25-28/h1,3-4,7-14,16H,2,5-6,15,17-18H2. The summed E-state index contributed by atoms with van der Waals surface area (Å²) in [6.07, 6.45) is 7.17. The summed E-state index contributed by atoms with van der Waals surface area (Å²) in [5, 5.41) is 14.0. The second-order valence-corrected chi connectivity index (χ2v) is 8.13. The summed E-state index contributed by atoms with van der Waals surface area (Å²) >= 11 is 1.73. The third kappa shape index (κ3) is 5.36. The fourth-order valence-electron chi connectivity index (χ4n) is 3.27. The van der Waals surface area contributed by atoms with Crippen molar-refractivity contribution in [2.24, 2.45) is 0 Å². The molecule has 0 saturated heterocycles. The SMILES string of the molecule is Fc1ccc(-c2nnc(SCCCCCn3cccn3)n2Cc2ccccc2)cc1. The summed E-state index contributed by atoms with van der Waals surface area (Å²) in [4.78, 5) is 0. The van der Waals surface area contributed by atoms with Crippen LogP contribution in [0.25, 0.3) is 11.4 Å². The van der Waals surface area contributed by atoms with E-state index in [1.54, 1.807) is 23.9 Å². The van der Waals surface area contributed by atoms with E-state index in [4.69, 9.17) is 0 Å². The second kappa shape index (κ2) is 10.2. The first kappa shape index (κ1) is 20.3. The minimum absolute atomic E-state index is 0.252. The summed E-state index contributed by atoms with van der Waals surface area (Å²) in [5.41, 5.74) is 2.05. The van der Waals surface area contributed by atoms with Crippen LogP contribution in [0.5, 0.6) is 0 Å². The highest BCUT2D eigenvalue weighted by atomic mass is 32.2. The topological polar surface area (TPSA) is 48.5 Å². The van der Waals surface area contributed by atoms with Crippen molar-refractivity contribution in [3.63, 3.8) is 0 Å². The number of rotatable bonds is 10. The van der Waals surface area contributed by atoms with Gasteiger partial charge in [-0.2, -0.15) is 5.10 Å². The zero-order valence-electron chi connectivity index (χ0n) is 16.7. The molecule has 7 heteroatoms. The van der Waals surface area contributed by atoms with Crippen molar-refractivity contribution in [2.75, 3.05) is 5.75 Å². The Kier molecular flexibility index (Phi) is 6.92. The molecule has 0 fully saturated rings. The van der Waals surface area contributed by atoms with Crippen LogP contribution in [-0.4, -0.2) is 30.3 Å². The van der Waals surface area contributed by atoms with Crippen molar-refractivity contribution in [3.05, 3.63) is 84.4 Å². The van der Waals surface area contributed by atoms with Crippen LogP contribution in [-0.2, 0) is 13.1 Å². The number of hydrogen-bond donors (Lipinski definition) is 0. The molecule has 4 aromatic rings. The largest absolute Gasteiger partial charge is 0.298 e. The van der Waals surface area contributed by atoms with E-state index < -0.39 is 0 Å². The third-order valence-electron chi connectivity index (χ3n) is 4.82. The normalized spacial score (nSPS) is 11.1. The van der Waals surface area contributed by atoms with Gasteiger partial charge in [0.1, 0.15) is 5.82 Å². The maximum Gasteiger partial charge on any atom is 0.191 e. The number of aryl methyl sites for hydroxylation is 1. The van der Waals surface area contributed by atoms with Gasteiger partial charge in [0.05, 0.1) is 6.54 Å². The molecule has 0 aliphatic heterocycles. The molecule has 0 bridgehead atoms. The van der Waals surface area contributed by atoms with Gasteiger partial charge >= 0.3 is 0 Å². The number of hydrogen-bond acceptors (Lipinski definition) is 4. The highest BCUT2D eigenvalue weighted by molar-refractivity contribution is 7.99. The number of aromatic nitrogens is 5. The number of thioether (sulfide) groups is 1. The third-order valence-corrected chi connectivity index (χ3v) is 5.88. The van der Waals surface area contributed by atoms with Crippen molar-refractivity contribution in [1.29, 1.82) is 0 Å². The van der Waals surface area contributed by atoms with Gasteiger partial charge in [0.25, 0.3) is 0 Å².